The van der Waals surface area contributed by atoms with Crippen molar-refractivity contribution in [3.63, 3.8) is 0 Å². The molecule has 5 heteroatoms. The number of hydrogen-bond acceptors (Lipinski definition) is 5. The Morgan fingerprint density at radius 3 is 1.39 bits per heavy atom. The van der Waals surface area contributed by atoms with Crippen LogP contribution in [-0.4, -0.2) is 19.9 Å². The molecule has 0 aliphatic heterocycles. The summed E-state index contributed by atoms with van der Waals surface area (Å²) in [5, 5.41) is 5.57. The zero-order valence-electron chi connectivity index (χ0n) is 27.4. The fourth-order valence-corrected chi connectivity index (χ4v) is 7.29. The van der Waals surface area contributed by atoms with Crippen molar-refractivity contribution < 1.29 is 4.42 Å². The lowest BCUT2D eigenvalue weighted by atomic mass is 9.88. The predicted octanol–water partition coefficient (Wildman–Crippen LogP) is 11.8. The minimum Gasteiger partial charge on any atom is -0.454 e. The SMILES string of the molecule is c1ccc(-c2nc(-c3ccccc3)nc(-c3ccc(-c4ccc(-c5cccc6oc7cccnc7c56)c5ccccc45)c4ccccc34)n2)cc1. The molecule has 0 amide bonds. The summed E-state index contributed by atoms with van der Waals surface area (Å²) in [5.74, 6) is 1.93. The van der Waals surface area contributed by atoms with Crippen molar-refractivity contribution >= 4 is 43.6 Å². The van der Waals surface area contributed by atoms with Gasteiger partial charge in [0.25, 0.3) is 0 Å². The maximum Gasteiger partial charge on any atom is 0.164 e. The third kappa shape index (κ3) is 4.86. The number of rotatable bonds is 5. The summed E-state index contributed by atoms with van der Waals surface area (Å²) in [6.07, 6.45) is 1.83. The van der Waals surface area contributed by atoms with E-state index in [1.165, 1.54) is 10.8 Å². The molecule has 0 saturated heterocycles. The Morgan fingerprint density at radius 2 is 0.804 bits per heavy atom. The smallest absolute Gasteiger partial charge is 0.164 e. The van der Waals surface area contributed by atoms with Crippen LogP contribution in [0, 0.1) is 0 Å². The number of pyridine rings is 1. The predicted molar refractivity (Wildman–Crippen MR) is 207 cm³/mol. The van der Waals surface area contributed by atoms with Gasteiger partial charge in [0.2, 0.25) is 0 Å². The maximum absolute atomic E-state index is 6.20. The monoisotopic (exact) mass is 652 g/mol. The zero-order valence-corrected chi connectivity index (χ0v) is 27.4. The first kappa shape index (κ1) is 29.0. The van der Waals surface area contributed by atoms with Gasteiger partial charge in [0.05, 0.1) is 5.39 Å². The number of benzene rings is 7. The van der Waals surface area contributed by atoms with Crippen LogP contribution in [0.1, 0.15) is 0 Å². The first-order valence-corrected chi connectivity index (χ1v) is 17.0. The van der Waals surface area contributed by atoms with Crippen LogP contribution in [0.25, 0.3) is 100 Å². The van der Waals surface area contributed by atoms with E-state index in [1.54, 1.807) is 0 Å². The van der Waals surface area contributed by atoms with Crippen molar-refractivity contribution in [1.29, 1.82) is 0 Å². The molecule has 0 saturated carbocycles. The standard InChI is InChI=1S/C46H28N4O/c1-3-13-29(14-4-1)44-48-45(30-15-5-2-6-16-30)50-46(49-44)39-27-26-36(33-19-9-10-20-34(33)39)35-24-25-37(32-18-8-7-17-31(32)35)38-21-11-22-40-42(38)43-41(51-40)23-12-28-47-43/h1-28H. The lowest BCUT2D eigenvalue weighted by Gasteiger charge is -2.16. The zero-order chi connectivity index (χ0) is 33.7. The Bertz CT molecular complexity index is 2860. The second-order valence-electron chi connectivity index (χ2n) is 12.6. The third-order valence-electron chi connectivity index (χ3n) is 9.62. The van der Waals surface area contributed by atoms with Crippen LogP contribution >= 0.6 is 0 Å². The second-order valence-corrected chi connectivity index (χ2v) is 12.6. The third-order valence-corrected chi connectivity index (χ3v) is 9.62. The van der Waals surface area contributed by atoms with E-state index in [-0.39, 0.29) is 0 Å². The topological polar surface area (TPSA) is 64.7 Å². The fourth-order valence-electron chi connectivity index (χ4n) is 7.29. The molecule has 0 spiro atoms. The highest BCUT2D eigenvalue weighted by Crippen LogP contribution is 2.43. The Hall–Kier alpha value is -6.98. The van der Waals surface area contributed by atoms with Crippen molar-refractivity contribution in [3.8, 4) is 56.4 Å². The number of nitrogens with zero attached hydrogens (tertiary/aromatic N) is 4. The van der Waals surface area contributed by atoms with Crippen molar-refractivity contribution in [2.75, 3.05) is 0 Å². The van der Waals surface area contributed by atoms with E-state index in [9.17, 15) is 0 Å². The molecule has 3 aromatic heterocycles. The van der Waals surface area contributed by atoms with Gasteiger partial charge in [-0.3, -0.25) is 4.98 Å². The molecule has 0 fully saturated rings. The van der Waals surface area contributed by atoms with Crippen molar-refractivity contribution in [1.82, 2.24) is 19.9 Å². The van der Waals surface area contributed by atoms with E-state index in [0.717, 1.165) is 71.8 Å². The quantitative estimate of drug-likeness (QED) is 0.185. The highest BCUT2D eigenvalue weighted by Gasteiger charge is 2.19. The van der Waals surface area contributed by atoms with Crippen LogP contribution in [0.4, 0.5) is 0 Å². The number of fused-ring (bicyclic) bond motifs is 5. The van der Waals surface area contributed by atoms with Crippen LogP contribution in [0.2, 0.25) is 0 Å². The van der Waals surface area contributed by atoms with Gasteiger partial charge in [-0.15, -0.1) is 0 Å². The van der Waals surface area contributed by atoms with E-state index in [0.29, 0.717) is 17.5 Å². The largest absolute Gasteiger partial charge is 0.454 e. The first-order chi connectivity index (χ1) is 25.3. The average molecular weight is 653 g/mol. The molecule has 10 aromatic rings. The molecular weight excluding hydrogens is 625 g/mol. The van der Waals surface area contributed by atoms with E-state index in [1.807, 2.05) is 85.1 Å². The molecule has 0 atom stereocenters. The lowest BCUT2D eigenvalue weighted by molar-refractivity contribution is 0.668. The summed E-state index contributed by atoms with van der Waals surface area (Å²) in [5.41, 5.74) is 9.89. The van der Waals surface area contributed by atoms with Gasteiger partial charge in [-0.2, -0.15) is 0 Å². The van der Waals surface area contributed by atoms with Crippen LogP contribution in [0.5, 0.6) is 0 Å². The van der Waals surface area contributed by atoms with Crippen molar-refractivity contribution in [2.45, 2.75) is 0 Å². The summed E-state index contributed by atoms with van der Waals surface area (Å²) in [6.45, 7) is 0. The van der Waals surface area contributed by atoms with Gasteiger partial charge in [-0.25, -0.2) is 15.0 Å². The van der Waals surface area contributed by atoms with Gasteiger partial charge in [-0.1, -0.05) is 140 Å². The van der Waals surface area contributed by atoms with E-state index >= 15 is 0 Å². The molecule has 0 N–H and O–H groups in total. The van der Waals surface area contributed by atoms with Gasteiger partial charge in [0.1, 0.15) is 11.1 Å². The molecular formula is C46H28N4O. The lowest BCUT2D eigenvalue weighted by Crippen LogP contribution is -2.00. The van der Waals surface area contributed by atoms with Gasteiger partial charge in [0.15, 0.2) is 23.1 Å². The summed E-state index contributed by atoms with van der Waals surface area (Å²) >= 11 is 0. The second kappa shape index (κ2) is 11.9. The van der Waals surface area contributed by atoms with Crippen molar-refractivity contribution in [3.05, 3.63) is 170 Å². The van der Waals surface area contributed by atoms with Gasteiger partial charge in [0, 0.05) is 22.9 Å². The van der Waals surface area contributed by atoms with Crippen LogP contribution in [-0.2, 0) is 0 Å². The molecule has 0 bridgehead atoms. The van der Waals surface area contributed by atoms with Gasteiger partial charge < -0.3 is 4.42 Å². The summed E-state index contributed by atoms with van der Waals surface area (Å²) in [7, 11) is 0. The summed E-state index contributed by atoms with van der Waals surface area (Å²) in [6, 6.07) is 56.4. The number of hydrogen-bond donors (Lipinski definition) is 0. The van der Waals surface area contributed by atoms with Crippen LogP contribution in [0.15, 0.2) is 174 Å². The van der Waals surface area contributed by atoms with Gasteiger partial charge in [-0.05, 0) is 68.1 Å². The Labute approximate surface area is 293 Å². The Morgan fingerprint density at radius 1 is 0.333 bits per heavy atom. The summed E-state index contributed by atoms with van der Waals surface area (Å²) < 4.78 is 6.20. The van der Waals surface area contributed by atoms with Gasteiger partial charge >= 0.3 is 0 Å². The summed E-state index contributed by atoms with van der Waals surface area (Å²) in [4.78, 5) is 19.7. The number of furan rings is 1. The number of aromatic nitrogens is 4. The first-order valence-electron chi connectivity index (χ1n) is 17.0. The molecule has 3 heterocycles. The molecule has 0 aliphatic rings. The maximum atomic E-state index is 6.20. The molecule has 7 aromatic carbocycles. The Kier molecular flexibility index (Phi) is 6.74. The van der Waals surface area contributed by atoms with E-state index in [2.05, 4.69) is 84.9 Å². The van der Waals surface area contributed by atoms with E-state index in [4.69, 9.17) is 24.4 Å². The highest BCUT2D eigenvalue weighted by atomic mass is 16.3. The molecule has 51 heavy (non-hydrogen) atoms. The van der Waals surface area contributed by atoms with Crippen LogP contribution in [0.3, 0.4) is 0 Å². The highest BCUT2D eigenvalue weighted by molar-refractivity contribution is 6.17. The molecule has 238 valence electrons. The molecule has 0 radical (unpaired) electrons. The molecule has 0 unspecified atom stereocenters. The minimum atomic E-state index is 0.639. The van der Waals surface area contributed by atoms with Crippen molar-refractivity contribution in [2.24, 2.45) is 0 Å². The normalized spacial score (nSPS) is 11.5. The van der Waals surface area contributed by atoms with Crippen LogP contribution < -0.4 is 0 Å². The molecule has 10 rings (SSSR count). The molecule has 5 nitrogen and oxygen atoms in total. The Balaban J connectivity index is 1.17. The molecule has 0 aliphatic carbocycles. The average Bonchev–Trinajstić information content (AvgIpc) is 3.60. The minimum absolute atomic E-state index is 0.639. The fraction of sp³-hybridized carbons (Fsp3) is 0. The van der Waals surface area contributed by atoms with E-state index < -0.39 is 0 Å².